The zero-order chi connectivity index (χ0) is 15.5. The number of benzene rings is 1. The van der Waals surface area contributed by atoms with Gasteiger partial charge in [0, 0.05) is 19.5 Å². The van der Waals surface area contributed by atoms with E-state index in [9.17, 15) is 14.9 Å². The Bertz CT molecular complexity index is 544. The van der Waals surface area contributed by atoms with E-state index in [2.05, 4.69) is 6.58 Å². The summed E-state index contributed by atoms with van der Waals surface area (Å²) in [5.41, 5.74) is 0.891. The molecule has 108 valence electrons. The third kappa shape index (κ3) is 3.66. The van der Waals surface area contributed by atoms with Gasteiger partial charge in [0.15, 0.2) is 0 Å². The second-order valence-electron chi connectivity index (χ2n) is 5.70. The van der Waals surface area contributed by atoms with Crippen LogP contribution in [0.25, 0.3) is 0 Å². The highest BCUT2D eigenvalue weighted by molar-refractivity contribution is 5.94. The lowest BCUT2D eigenvalue weighted by Gasteiger charge is -2.28. The Morgan fingerprint density at radius 2 is 1.90 bits per heavy atom. The summed E-state index contributed by atoms with van der Waals surface area (Å²) in [6.45, 7) is 11.6. The highest BCUT2D eigenvalue weighted by Crippen LogP contribution is 2.31. The van der Waals surface area contributed by atoms with E-state index in [1.165, 1.54) is 17.9 Å². The highest BCUT2D eigenvalue weighted by atomic mass is 16.6. The van der Waals surface area contributed by atoms with Gasteiger partial charge in [0.1, 0.15) is 5.69 Å². The summed E-state index contributed by atoms with van der Waals surface area (Å²) in [4.78, 5) is 23.8. The van der Waals surface area contributed by atoms with Gasteiger partial charge in [-0.3, -0.25) is 14.9 Å². The quantitative estimate of drug-likeness (QED) is 0.480. The minimum absolute atomic E-state index is 0.0793. The van der Waals surface area contributed by atoms with Gasteiger partial charge >= 0.3 is 0 Å². The summed E-state index contributed by atoms with van der Waals surface area (Å²) in [6.07, 6.45) is 0. The van der Waals surface area contributed by atoms with Gasteiger partial charge in [0.05, 0.1) is 4.92 Å². The summed E-state index contributed by atoms with van der Waals surface area (Å²) in [5, 5.41) is 11.1. The number of nitro benzene ring substituents is 1. The molecule has 0 spiro atoms. The molecule has 5 heteroatoms. The Kier molecular flexibility index (Phi) is 4.65. The van der Waals surface area contributed by atoms with Crippen LogP contribution in [-0.4, -0.2) is 17.4 Å². The minimum atomic E-state index is -0.481. The van der Waals surface area contributed by atoms with Crippen LogP contribution in [0.1, 0.15) is 27.7 Å². The Labute approximate surface area is 119 Å². The molecule has 0 aliphatic rings. The van der Waals surface area contributed by atoms with E-state index >= 15 is 0 Å². The van der Waals surface area contributed by atoms with E-state index in [1.807, 2.05) is 20.8 Å². The fourth-order valence-corrected chi connectivity index (χ4v) is 1.64. The second-order valence-corrected chi connectivity index (χ2v) is 5.70. The number of carbonyl (C=O) groups is 1. The summed E-state index contributed by atoms with van der Waals surface area (Å²) in [7, 11) is 0. The van der Waals surface area contributed by atoms with Gasteiger partial charge in [0.25, 0.3) is 5.69 Å². The number of hydrogen-bond donors (Lipinski definition) is 0. The van der Waals surface area contributed by atoms with Gasteiger partial charge in [-0.1, -0.05) is 45.1 Å². The lowest BCUT2D eigenvalue weighted by molar-refractivity contribution is -0.384. The maximum absolute atomic E-state index is 11.8. The normalized spacial score (nSPS) is 11.0. The Hall–Kier alpha value is -2.17. The number of para-hydroxylation sites is 2. The van der Waals surface area contributed by atoms with E-state index in [0.717, 1.165) is 5.57 Å². The van der Waals surface area contributed by atoms with Crippen molar-refractivity contribution in [3.63, 3.8) is 0 Å². The SMILES string of the molecule is C=C(CN(C(C)=O)c1ccccc1[N+](=O)[O-])C(C)(C)C. The maximum Gasteiger partial charge on any atom is 0.292 e. The van der Waals surface area contributed by atoms with E-state index in [4.69, 9.17) is 0 Å². The maximum atomic E-state index is 11.8. The van der Waals surface area contributed by atoms with Crippen molar-refractivity contribution in [2.45, 2.75) is 27.7 Å². The van der Waals surface area contributed by atoms with Crippen molar-refractivity contribution in [2.24, 2.45) is 5.41 Å². The first-order chi connectivity index (χ1) is 9.14. The molecule has 20 heavy (non-hydrogen) atoms. The molecule has 0 saturated heterocycles. The molecule has 1 aromatic rings. The van der Waals surface area contributed by atoms with Crippen LogP contribution in [-0.2, 0) is 4.79 Å². The van der Waals surface area contributed by atoms with Gasteiger partial charge in [-0.15, -0.1) is 0 Å². The minimum Gasteiger partial charge on any atom is -0.303 e. The van der Waals surface area contributed by atoms with Crippen LogP contribution in [0.5, 0.6) is 0 Å². The van der Waals surface area contributed by atoms with E-state index in [1.54, 1.807) is 18.2 Å². The van der Waals surface area contributed by atoms with E-state index in [0.29, 0.717) is 5.69 Å². The van der Waals surface area contributed by atoms with Crippen LogP contribution in [0.15, 0.2) is 36.4 Å². The van der Waals surface area contributed by atoms with Crippen LogP contribution in [0.4, 0.5) is 11.4 Å². The molecule has 0 aromatic heterocycles. The molecule has 1 amide bonds. The largest absolute Gasteiger partial charge is 0.303 e. The van der Waals surface area contributed by atoms with Gasteiger partial charge in [0.2, 0.25) is 5.91 Å². The number of rotatable bonds is 4. The molecule has 1 aromatic carbocycles. The molecule has 0 unspecified atom stereocenters. The molecule has 0 atom stereocenters. The molecule has 1 rings (SSSR count). The van der Waals surface area contributed by atoms with Crippen molar-refractivity contribution in [3.8, 4) is 0 Å². The highest BCUT2D eigenvalue weighted by Gasteiger charge is 2.25. The first kappa shape index (κ1) is 15.9. The van der Waals surface area contributed by atoms with E-state index in [-0.39, 0.29) is 23.6 Å². The lowest BCUT2D eigenvalue weighted by Crippen LogP contribution is -2.33. The zero-order valence-electron chi connectivity index (χ0n) is 12.3. The molecular formula is C15H20N2O3. The first-order valence-corrected chi connectivity index (χ1v) is 6.34. The van der Waals surface area contributed by atoms with Crippen LogP contribution in [0.2, 0.25) is 0 Å². The fraction of sp³-hybridized carbons (Fsp3) is 0.400. The third-order valence-corrected chi connectivity index (χ3v) is 3.16. The standard InChI is InChI=1S/C15H20N2O3/c1-11(15(3,4)5)10-16(12(2)18)13-8-6-7-9-14(13)17(19)20/h6-9H,1,10H2,2-5H3. The summed E-state index contributed by atoms with van der Waals surface area (Å²) >= 11 is 0. The molecule has 0 saturated carbocycles. The number of amides is 1. The molecule has 0 heterocycles. The predicted molar refractivity (Wildman–Crippen MR) is 79.7 cm³/mol. The van der Waals surface area contributed by atoms with Crippen molar-refractivity contribution >= 4 is 17.3 Å². The van der Waals surface area contributed by atoms with Crippen molar-refractivity contribution < 1.29 is 9.72 Å². The van der Waals surface area contributed by atoms with E-state index < -0.39 is 4.92 Å². The van der Waals surface area contributed by atoms with Crippen LogP contribution in [0.3, 0.4) is 0 Å². The summed E-state index contributed by atoms with van der Waals surface area (Å²) in [5.74, 6) is -0.246. The van der Waals surface area contributed by atoms with Gasteiger partial charge in [-0.05, 0) is 11.5 Å². The van der Waals surface area contributed by atoms with Crippen LogP contribution >= 0.6 is 0 Å². The third-order valence-electron chi connectivity index (χ3n) is 3.16. The fourth-order valence-electron chi connectivity index (χ4n) is 1.64. The molecule has 0 fully saturated rings. The number of anilines is 1. The van der Waals surface area contributed by atoms with Crippen molar-refractivity contribution in [1.82, 2.24) is 0 Å². The monoisotopic (exact) mass is 276 g/mol. The molecule has 0 bridgehead atoms. The van der Waals surface area contributed by atoms with Crippen molar-refractivity contribution in [1.29, 1.82) is 0 Å². The van der Waals surface area contributed by atoms with Crippen molar-refractivity contribution in [2.75, 3.05) is 11.4 Å². The average Bonchev–Trinajstić information content (AvgIpc) is 2.33. The second kappa shape index (κ2) is 5.86. The topological polar surface area (TPSA) is 63.5 Å². The Morgan fingerprint density at radius 3 is 2.35 bits per heavy atom. The predicted octanol–water partition coefficient (Wildman–Crippen LogP) is 3.55. The summed E-state index contributed by atoms with van der Waals surface area (Å²) in [6, 6.07) is 6.23. The Balaban J connectivity index is 3.20. The number of nitrogens with zero attached hydrogens (tertiary/aromatic N) is 2. The number of hydrogen-bond acceptors (Lipinski definition) is 3. The summed E-state index contributed by atoms with van der Waals surface area (Å²) < 4.78 is 0. The van der Waals surface area contributed by atoms with Gasteiger partial charge in [-0.2, -0.15) is 0 Å². The number of nitro groups is 1. The molecule has 5 nitrogen and oxygen atoms in total. The molecular weight excluding hydrogens is 256 g/mol. The smallest absolute Gasteiger partial charge is 0.292 e. The van der Waals surface area contributed by atoms with Crippen molar-refractivity contribution in [3.05, 3.63) is 46.5 Å². The average molecular weight is 276 g/mol. The molecule has 0 N–H and O–H groups in total. The zero-order valence-corrected chi connectivity index (χ0v) is 12.3. The number of carbonyl (C=O) groups excluding carboxylic acids is 1. The van der Waals surface area contributed by atoms with Gasteiger partial charge < -0.3 is 4.90 Å². The Morgan fingerprint density at radius 1 is 1.35 bits per heavy atom. The molecule has 0 aliphatic carbocycles. The van der Waals surface area contributed by atoms with Crippen LogP contribution < -0.4 is 4.90 Å². The van der Waals surface area contributed by atoms with Gasteiger partial charge in [-0.25, -0.2) is 0 Å². The molecule has 0 radical (unpaired) electrons. The molecule has 0 aliphatic heterocycles. The lowest BCUT2D eigenvalue weighted by atomic mass is 9.87. The first-order valence-electron chi connectivity index (χ1n) is 6.34. The van der Waals surface area contributed by atoms with Crippen LogP contribution in [0, 0.1) is 15.5 Å².